The fourth-order valence-electron chi connectivity index (χ4n) is 2.92. The molecule has 0 bridgehead atoms. The van der Waals surface area contributed by atoms with Gasteiger partial charge in [0.05, 0.1) is 10.6 Å². The van der Waals surface area contributed by atoms with Crippen LogP contribution in [-0.4, -0.2) is 32.7 Å². The lowest BCUT2D eigenvalue weighted by atomic mass is 9.96. The molecule has 4 heterocycles. The van der Waals surface area contributed by atoms with Crippen molar-refractivity contribution in [2.45, 2.75) is 25.7 Å². The van der Waals surface area contributed by atoms with Gasteiger partial charge in [-0.15, -0.1) is 16.4 Å². The Hall–Kier alpha value is -1.79. The lowest BCUT2D eigenvalue weighted by molar-refractivity contribution is 0.448. The summed E-state index contributed by atoms with van der Waals surface area (Å²) in [6, 6.07) is 4.18. The van der Waals surface area contributed by atoms with E-state index in [0.717, 1.165) is 23.8 Å². The highest BCUT2D eigenvalue weighted by atomic mass is 32.1. The maximum atomic E-state index is 4.72. The van der Waals surface area contributed by atoms with Crippen molar-refractivity contribution in [1.29, 1.82) is 0 Å². The SMILES string of the molecule is Cc1ccsc1-c1nc2nccc(C3CCCNC3)n2n1. The first kappa shape index (κ1) is 12.9. The normalized spacial score (nSPS) is 19.2. The van der Waals surface area contributed by atoms with Crippen LogP contribution in [0.15, 0.2) is 23.7 Å². The Kier molecular flexibility index (Phi) is 3.20. The minimum absolute atomic E-state index is 0.489. The van der Waals surface area contributed by atoms with E-state index in [9.17, 15) is 0 Å². The van der Waals surface area contributed by atoms with Crippen molar-refractivity contribution in [2.75, 3.05) is 13.1 Å². The van der Waals surface area contributed by atoms with Gasteiger partial charge in [-0.1, -0.05) is 0 Å². The number of aromatic nitrogens is 4. The van der Waals surface area contributed by atoms with Gasteiger partial charge in [0.15, 0.2) is 5.82 Å². The highest BCUT2D eigenvalue weighted by Crippen LogP contribution is 2.28. The van der Waals surface area contributed by atoms with Gasteiger partial charge < -0.3 is 5.32 Å². The Labute approximate surface area is 127 Å². The fraction of sp³-hybridized carbons (Fsp3) is 0.400. The second-order valence-corrected chi connectivity index (χ2v) is 6.41. The topological polar surface area (TPSA) is 55.1 Å². The molecular formula is C15H17N5S. The molecule has 3 aromatic heterocycles. The van der Waals surface area contributed by atoms with Crippen LogP contribution < -0.4 is 5.32 Å². The molecule has 1 N–H and O–H groups in total. The van der Waals surface area contributed by atoms with Gasteiger partial charge in [-0.05, 0) is 49.4 Å². The van der Waals surface area contributed by atoms with Gasteiger partial charge in [-0.2, -0.15) is 4.98 Å². The molecule has 6 heteroatoms. The molecule has 1 unspecified atom stereocenters. The summed E-state index contributed by atoms with van der Waals surface area (Å²) in [4.78, 5) is 10.1. The Morgan fingerprint density at radius 3 is 3.10 bits per heavy atom. The van der Waals surface area contributed by atoms with Gasteiger partial charge in [-0.3, -0.25) is 0 Å². The number of thiophene rings is 1. The standard InChI is InChI=1S/C15H17N5S/c1-10-5-8-21-13(10)14-18-15-17-7-4-12(20(15)19-14)11-3-2-6-16-9-11/h4-5,7-8,11,16H,2-3,6,9H2,1H3. The number of aryl methyl sites for hydroxylation is 1. The van der Waals surface area contributed by atoms with Gasteiger partial charge in [0, 0.05) is 18.7 Å². The van der Waals surface area contributed by atoms with Gasteiger partial charge in [0.25, 0.3) is 5.78 Å². The first-order valence-corrected chi connectivity index (χ1v) is 8.18. The maximum Gasteiger partial charge on any atom is 0.252 e. The van der Waals surface area contributed by atoms with Gasteiger partial charge in [0.1, 0.15) is 0 Å². The zero-order chi connectivity index (χ0) is 14.2. The van der Waals surface area contributed by atoms with Crippen molar-refractivity contribution in [2.24, 2.45) is 0 Å². The minimum Gasteiger partial charge on any atom is -0.316 e. The molecule has 0 aliphatic carbocycles. The van der Waals surface area contributed by atoms with E-state index in [0.29, 0.717) is 11.7 Å². The van der Waals surface area contributed by atoms with E-state index in [1.807, 2.05) is 10.7 Å². The first-order chi connectivity index (χ1) is 10.3. The van der Waals surface area contributed by atoms with Crippen LogP contribution in [0.2, 0.25) is 0 Å². The van der Waals surface area contributed by atoms with E-state index in [2.05, 4.69) is 39.7 Å². The quantitative estimate of drug-likeness (QED) is 0.790. The molecule has 1 fully saturated rings. The molecule has 0 aromatic carbocycles. The fourth-order valence-corrected chi connectivity index (χ4v) is 3.78. The van der Waals surface area contributed by atoms with E-state index in [-0.39, 0.29) is 0 Å². The van der Waals surface area contributed by atoms with Crippen molar-refractivity contribution in [3.63, 3.8) is 0 Å². The Morgan fingerprint density at radius 1 is 1.38 bits per heavy atom. The molecule has 1 saturated heterocycles. The Balaban J connectivity index is 1.82. The number of nitrogens with zero attached hydrogens (tertiary/aromatic N) is 4. The second-order valence-electron chi connectivity index (χ2n) is 5.49. The summed E-state index contributed by atoms with van der Waals surface area (Å²) < 4.78 is 1.92. The predicted octanol–water partition coefficient (Wildman–Crippen LogP) is 2.63. The highest BCUT2D eigenvalue weighted by Gasteiger charge is 2.20. The van der Waals surface area contributed by atoms with Gasteiger partial charge >= 0.3 is 0 Å². The first-order valence-electron chi connectivity index (χ1n) is 7.30. The molecule has 4 rings (SSSR count). The highest BCUT2D eigenvalue weighted by molar-refractivity contribution is 7.13. The van der Waals surface area contributed by atoms with Crippen LogP contribution >= 0.6 is 11.3 Å². The van der Waals surface area contributed by atoms with Crippen molar-refractivity contribution < 1.29 is 0 Å². The summed E-state index contributed by atoms with van der Waals surface area (Å²) in [6.45, 7) is 4.21. The minimum atomic E-state index is 0.489. The molecule has 3 aromatic rings. The van der Waals surface area contributed by atoms with Crippen LogP contribution in [0.3, 0.4) is 0 Å². The molecule has 0 radical (unpaired) electrons. The van der Waals surface area contributed by atoms with Gasteiger partial charge in [-0.25, -0.2) is 9.50 Å². The smallest absolute Gasteiger partial charge is 0.252 e. The lowest BCUT2D eigenvalue weighted by Crippen LogP contribution is -2.29. The zero-order valence-corrected chi connectivity index (χ0v) is 12.7. The number of piperidine rings is 1. The van der Waals surface area contributed by atoms with Crippen molar-refractivity contribution in [3.05, 3.63) is 35.0 Å². The van der Waals surface area contributed by atoms with Crippen LogP contribution in [0, 0.1) is 6.92 Å². The van der Waals surface area contributed by atoms with Crippen molar-refractivity contribution >= 4 is 17.1 Å². The molecule has 1 aliphatic heterocycles. The average Bonchev–Trinajstić information content (AvgIpc) is 3.13. The third-order valence-electron chi connectivity index (χ3n) is 4.05. The molecule has 21 heavy (non-hydrogen) atoms. The number of nitrogens with one attached hydrogen (secondary N) is 1. The van der Waals surface area contributed by atoms with Crippen LogP contribution in [0.1, 0.15) is 30.0 Å². The number of rotatable bonds is 2. The largest absolute Gasteiger partial charge is 0.316 e. The van der Waals surface area contributed by atoms with E-state index < -0.39 is 0 Å². The van der Waals surface area contributed by atoms with E-state index >= 15 is 0 Å². The molecule has 0 spiro atoms. The van der Waals surface area contributed by atoms with Crippen LogP contribution in [-0.2, 0) is 0 Å². The number of hydrogen-bond donors (Lipinski definition) is 1. The third kappa shape index (κ3) is 2.24. The Morgan fingerprint density at radius 2 is 2.33 bits per heavy atom. The van der Waals surface area contributed by atoms with Crippen molar-refractivity contribution in [3.8, 4) is 10.7 Å². The molecule has 5 nitrogen and oxygen atoms in total. The monoisotopic (exact) mass is 299 g/mol. The summed E-state index contributed by atoms with van der Waals surface area (Å²) >= 11 is 1.68. The second kappa shape index (κ2) is 5.20. The third-order valence-corrected chi connectivity index (χ3v) is 5.06. The number of hydrogen-bond acceptors (Lipinski definition) is 5. The summed E-state index contributed by atoms with van der Waals surface area (Å²) in [5.41, 5.74) is 2.43. The van der Waals surface area contributed by atoms with Gasteiger partial charge in [0.2, 0.25) is 0 Å². The summed E-state index contributed by atoms with van der Waals surface area (Å²) in [5.74, 6) is 1.97. The molecule has 108 valence electrons. The van der Waals surface area contributed by atoms with Crippen molar-refractivity contribution in [1.82, 2.24) is 24.9 Å². The number of fused-ring (bicyclic) bond motifs is 1. The van der Waals surface area contributed by atoms with E-state index in [1.54, 1.807) is 11.3 Å². The lowest BCUT2D eigenvalue weighted by Gasteiger charge is -2.22. The molecule has 0 saturated carbocycles. The summed E-state index contributed by atoms with van der Waals surface area (Å²) in [5, 5.41) is 10.3. The summed E-state index contributed by atoms with van der Waals surface area (Å²) in [6.07, 6.45) is 4.25. The predicted molar refractivity (Wildman–Crippen MR) is 83.7 cm³/mol. The van der Waals surface area contributed by atoms with Crippen LogP contribution in [0.5, 0.6) is 0 Å². The molecule has 1 aliphatic rings. The van der Waals surface area contributed by atoms with Crippen LogP contribution in [0.4, 0.5) is 0 Å². The summed E-state index contributed by atoms with van der Waals surface area (Å²) in [7, 11) is 0. The van der Waals surface area contributed by atoms with Crippen LogP contribution in [0.25, 0.3) is 16.5 Å². The molecule has 0 amide bonds. The zero-order valence-electron chi connectivity index (χ0n) is 11.9. The molecule has 1 atom stereocenters. The maximum absolute atomic E-state index is 4.72. The van der Waals surface area contributed by atoms with E-state index in [4.69, 9.17) is 5.10 Å². The van der Waals surface area contributed by atoms with E-state index in [1.165, 1.54) is 24.1 Å². The molecular weight excluding hydrogens is 282 g/mol. The average molecular weight is 299 g/mol. The Bertz CT molecular complexity index is 769.